The van der Waals surface area contributed by atoms with E-state index in [1.165, 1.54) is 0 Å². The lowest BCUT2D eigenvalue weighted by atomic mass is 9.92. The van der Waals surface area contributed by atoms with Crippen LogP contribution in [0.4, 0.5) is 5.95 Å². The zero-order valence-electron chi connectivity index (χ0n) is 10.3. The molecule has 0 saturated heterocycles. The maximum Gasteiger partial charge on any atom is 0.224 e. The minimum atomic E-state index is -0.693. The van der Waals surface area contributed by atoms with Gasteiger partial charge in [0.1, 0.15) is 0 Å². The van der Waals surface area contributed by atoms with Crippen LogP contribution >= 0.6 is 11.6 Å². The summed E-state index contributed by atoms with van der Waals surface area (Å²) in [5.41, 5.74) is 12.1. The Morgan fingerprint density at radius 2 is 2.17 bits per heavy atom. The number of carbonyl (C=O) groups is 1. The van der Waals surface area contributed by atoms with E-state index >= 15 is 0 Å². The van der Waals surface area contributed by atoms with Gasteiger partial charge in [-0.05, 0) is 32.0 Å². The Morgan fingerprint density at radius 3 is 2.78 bits per heavy atom. The van der Waals surface area contributed by atoms with E-state index in [2.05, 4.69) is 4.98 Å². The Morgan fingerprint density at radius 1 is 1.50 bits per heavy atom. The van der Waals surface area contributed by atoms with Gasteiger partial charge in [-0.3, -0.25) is 4.79 Å². The summed E-state index contributed by atoms with van der Waals surface area (Å²) in [4.78, 5) is 15.6. The minimum Gasteiger partial charge on any atom is -0.369 e. The summed E-state index contributed by atoms with van der Waals surface area (Å²) in [6.45, 7) is 3.93. The molecule has 1 heterocycles. The lowest BCUT2D eigenvalue weighted by Gasteiger charge is -2.21. The molecule has 0 fully saturated rings. The number of primary amides is 1. The van der Waals surface area contributed by atoms with Gasteiger partial charge in [0.15, 0.2) is 0 Å². The normalized spacial score (nSPS) is 11.9. The summed E-state index contributed by atoms with van der Waals surface area (Å²) in [5.74, 6) is -0.0284. The van der Waals surface area contributed by atoms with Crippen molar-refractivity contribution in [1.82, 2.24) is 9.55 Å². The maximum atomic E-state index is 11.4. The predicted octanol–water partition coefficient (Wildman–Crippen LogP) is 1.78. The Bertz CT molecular complexity index is 618. The van der Waals surface area contributed by atoms with Crippen LogP contribution in [-0.2, 0) is 11.3 Å². The number of rotatable bonds is 3. The van der Waals surface area contributed by atoms with Crippen molar-refractivity contribution < 1.29 is 4.79 Å². The third-order valence-corrected chi connectivity index (χ3v) is 3.20. The van der Waals surface area contributed by atoms with Crippen molar-refractivity contribution in [3.8, 4) is 0 Å². The molecule has 0 radical (unpaired) electrons. The van der Waals surface area contributed by atoms with Crippen molar-refractivity contribution in [2.24, 2.45) is 11.1 Å². The number of anilines is 1. The zero-order chi connectivity index (χ0) is 13.5. The molecule has 5 nitrogen and oxygen atoms in total. The Balaban J connectivity index is 2.51. The first-order chi connectivity index (χ1) is 8.31. The molecule has 0 saturated carbocycles. The summed E-state index contributed by atoms with van der Waals surface area (Å²) in [6.07, 6.45) is 0. The average Bonchev–Trinajstić information content (AvgIpc) is 2.54. The van der Waals surface area contributed by atoms with E-state index in [1.54, 1.807) is 30.5 Å². The molecule has 1 amide bonds. The Labute approximate surface area is 110 Å². The van der Waals surface area contributed by atoms with Gasteiger partial charge >= 0.3 is 0 Å². The topological polar surface area (TPSA) is 86.9 Å². The molecule has 96 valence electrons. The second kappa shape index (κ2) is 4.17. The van der Waals surface area contributed by atoms with Crippen LogP contribution < -0.4 is 11.5 Å². The van der Waals surface area contributed by atoms with Crippen LogP contribution in [0.3, 0.4) is 0 Å². The van der Waals surface area contributed by atoms with Crippen LogP contribution in [0.25, 0.3) is 11.0 Å². The number of carbonyl (C=O) groups excluding carboxylic acids is 1. The predicted molar refractivity (Wildman–Crippen MR) is 72.1 cm³/mol. The standard InChI is InChI=1S/C12H15ClN4O/c1-12(2,10(14)18)6-17-9-4-3-7(13)5-8(9)16-11(17)15/h3-5H,6H2,1-2H3,(H2,14,18)(H2,15,16). The average molecular weight is 267 g/mol. The number of nitrogens with zero attached hydrogens (tertiary/aromatic N) is 2. The van der Waals surface area contributed by atoms with Crippen molar-refractivity contribution >= 4 is 34.5 Å². The van der Waals surface area contributed by atoms with Crippen LogP contribution in [-0.4, -0.2) is 15.5 Å². The van der Waals surface area contributed by atoms with Gasteiger partial charge in [-0.1, -0.05) is 11.6 Å². The summed E-state index contributed by atoms with van der Waals surface area (Å²) < 4.78 is 1.77. The van der Waals surface area contributed by atoms with Crippen LogP contribution in [0.2, 0.25) is 5.02 Å². The van der Waals surface area contributed by atoms with E-state index in [0.29, 0.717) is 23.0 Å². The molecule has 6 heteroatoms. The number of aromatic nitrogens is 2. The number of nitrogen functional groups attached to an aromatic ring is 1. The van der Waals surface area contributed by atoms with E-state index in [-0.39, 0.29) is 5.91 Å². The third kappa shape index (κ3) is 2.13. The number of nitrogens with two attached hydrogens (primary N) is 2. The fraction of sp³-hybridized carbons (Fsp3) is 0.333. The summed E-state index contributed by atoms with van der Waals surface area (Å²) in [7, 11) is 0. The Hall–Kier alpha value is -1.75. The molecule has 4 N–H and O–H groups in total. The molecule has 0 unspecified atom stereocenters. The van der Waals surface area contributed by atoms with E-state index in [1.807, 2.05) is 6.07 Å². The molecule has 2 rings (SSSR count). The van der Waals surface area contributed by atoms with E-state index in [4.69, 9.17) is 23.1 Å². The van der Waals surface area contributed by atoms with Gasteiger partial charge in [-0.15, -0.1) is 0 Å². The van der Waals surface area contributed by atoms with Crippen LogP contribution in [0.15, 0.2) is 18.2 Å². The highest BCUT2D eigenvalue weighted by Gasteiger charge is 2.27. The fourth-order valence-corrected chi connectivity index (χ4v) is 1.93. The maximum absolute atomic E-state index is 11.4. The smallest absolute Gasteiger partial charge is 0.224 e. The molecule has 0 spiro atoms. The largest absolute Gasteiger partial charge is 0.369 e. The molecule has 18 heavy (non-hydrogen) atoms. The highest BCUT2D eigenvalue weighted by molar-refractivity contribution is 6.31. The van der Waals surface area contributed by atoms with Crippen LogP contribution in [0, 0.1) is 5.41 Å². The number of amides is 1. The van der Waals surface area contributed by atoms with Gasteiger partial charge in [0.25, 0.3) is 0 Å². The second-order valence-corrected chi connectivity index (χ2v) is 5.37. The highest BCUT2D eigenvalue weighted by atomic mass is 35.5. The van der Waals surface area contributed by atoms with Gasteiger partial charge in [-0.2, -0.15) is 0 Å². The molecule has 0 aliphatic rings. The Kier molecular flexibility index (Phi) is 2.94. The number of halogens is 1. The molecule has 0 aliphatic carbocycles. The molecule has 0 bridgehead atoms. The SMILES string of the molecule is CC(C)(Cn1c(N)nc2cc(Cl)ccc21)C(N)=O. The molecular formula is C12H15ClN4O. The highest BCUT2D eigenvalue weighted by Crippen LogP contribution is 2.26. The molecule has 1 aromatic heterocycles. The molecule has 2 aromatic rings. The first-order valence-electron chi connectivity index (χ1n) is 5.52. The summed E-state index contributed by atoms with van der Waals surface area (Å²) in [6, 6.07) is 5.33. The quantitative estimate of drug-likeness (QED) is 0.888. The molecule has 0 aliphatic heterocycles. The second-order valence-electron chi connectivity index (χ2n) is 4.94. The van der Waals surface area contributed by atoms with Gasteiger partial charge < -0.3 is 16.0 Å². The summed E-state index contributed by atoms with van der Waals surface area (Å²) >= 11 is 5.90. The lowest BCUT2D eigenvalue weighted by Crippen LogP contribution is -2.35. The van der Waals surface area contributed by atoms with Crippen molar-refractivity contribution in [3.05, 3.63) is 23.2 Å². The third-order valence-electron chi connectivity index (χ3n) is 2.96. The number of imidazole rings is 1. The monoisotopic (exact) mass is 266 g/mol. The van der Waals surface area contributed by atoms with Gasteiger partial charge in [0.2, 0.25) is 11.9 Å². The molecular weight excluding hydrogens is 252 g/mol. The first-order valence-corrected chi connectivity index (χ1v) is 5.90. The van der Waals surface area contributed by atoms with Gasteiger partial charge in [0.05, 0.1) is 16.4 Å². The zero-order valence-corrected chi connectivity index (χ0v) is 11.0. The number of fused-ring (bicyclic) bond motifs is 1. The van der Waals surface area contributed by atoms with Crippen molar-refractivity contribution in [3.63, 3.8) is 0 Å². The fourth-order valence-electron chi connectivity index (χ4n) is 1.76. The van der Waals surface area contributed by atoms with Crippen molar-refractivity contribution in [2.45, 2.75) is 20.4 Å². The number of benzene rings is 1. The first kappa shape index (κ1) is 12.7. The van der Waals surface area contributed by atoms with Crippen molar-refractivity contribution in [1.29, 1.82) is 0 Å². The van der Waals surface area contributed by atoms with E-state index in [9.17, 15) is 4.79 Å². The number of hydrogen-bond donors (Lipinski definition) is 2. The molecule has 0 atom stereocenters. The van der Waals surface area contributed by atoms with Crippen LogP contribution in [0.1, 0.15) is 13.8 Å². The van der Waals surface area contributed by atoms with Crippen molar-refractivity contribution in [2.75, 3.05) is 5.73 Å². The van der Waals surface area contributed by atoms with E-state index in [0.717, 1.165) is 5.52 Å². The van der Waals surface area contributed by atoms with E-state index < -0.39 is 5.41 Å². The minimum absolute atomic E-state index is 0.349. The van der Waals surface area contributed by atoms with Crippen LogP contribution in [0.5, 0.6) is 0 Å². The number of hydrogen-bond acceptors (Lipinski definition) is 3. The lowest BCUT2D eigenvalue weighted by molar-refractivity contribution is -0.126. The molecule has 1 aromatic carbocycles. The summed E-state index contributed by atoms with van der Waals surface area (Å²) in [5, 5.41) is 0.598. The van der Waals surface area contributed by atoms with Gasteiger partial charge in [-0.25, -0.2) is 4.98 Å². The van der Waals surface area contributed by atoms with Gasteiger partial charge in [0, 0.05) is 11.6 Å².